The zero-order chi connectivity index (χ0) is 25.3. The lowest BCUT2D eigenvalue weighted by molar-refractivity contribution is -0.137. The Morgan fingerprint density at radius 2 is 1.81 bits per heavy atom. The molecule has 1 aliphatic heterocycles. The lowest BCUT2D eigenvalue weighted by Gasteiger charge is -2.20. The van der Waals surface area contributed by atoms with Gasteiger partial charge >= 0.3 is 6.18 Å². The van der Waals surface area contributed by atoms with Crippen LogP contribution in [0.3, 0.4) is 0 Å². The van der Waals surface area contributed by atoms with Gasteiger partial charge in [0.25, 0.3) is 10.0 Å². The van der Waals surface area contributed by atoms with Crippen molar-refractivity contribution in [2.75, 3.05) is 17.8 Å². The van der Waals surface area contributed by atoms with Crippen LogP contribution >= 0.6 is 0 Å². The number of fused-ring (bicyclic) bond motifs is 1. The molecular weight excluding hydrogens is 491 g/mol. The van der Waals surface area contributed by atoms with Gasteiger partial charge in [-0.25, -0.2) is 18.4 Å². The number of anilines is 1. The first kappa shape index (κ1) is 23.9. The molecule has 2 aromatic carbocycles. The largest absolute Gasteiger partial charge is 0.416 e. The molecule has 7 nitrogen and oxygen atoms in total. The summed E-state index contributed by atoms with van der Waals surface area (Å²) in [6, 6.07) is 11.3. The quantitative estimate of drug-likeness (QED) is 0.396. The van der Waals surface area contributed by atoms with Crippen molar-refractivity contribution in [1.29, 1.82) is 0 Å². The van der Waals surface area contributed by atoms with Crippen LogP contribution in [-0.4, -0.2) is 36.5 Å². The Balaban J connectivity index is 1.61. The number of sulfonamides is 1. The Kier molecular flexibility index (Phi) is 6.19. The Hall–Kier alpha value is -3.83. The normalized spacial score (nSPS) is 14.5. The van der Waals surface area contributed by atoms with Gasteiger partial charge in [0.05, 0.1) is 16.2 Å². The van der Waals surface area contributed by atoms with Gasteiger partial charge in [0.15, 0.2) is 0 Å². The maximum absolute atomic E-state index is 13.5. The third-order valence-corrected chi connectivity index (χ3v) is 7.23. The van der Waals surface area contributed by atoms with Crippen LogP contribution in [0.15, 0.2) is 78.2 Å². The van der Waals surface area contributed by atoms with E-state index in [0.717, 1.165) is 17.7 Å². The Morgan fingerprint density at radius 3 is 2.53 bits per heavy atom. The summed E-state index contributed by atoms with van der Waals surface area (Å²) in [6.45, 7) is 1.22. The monoisotopic (exact) mass is 511 g/mol. The van der Waals surface area contributed by atoms with Gasteiger partial charge in [-0.05, 0) is 65.9 Å². The molecule has 2 N–H and O–H groups in total. The molecule has 0 amide bonds. The molecule has 0 aliphatic carbocycles. The number of nitrogens with zero attached hydrogens (tertiary/aromatic N) is 3. The number of nitrogens with one attached hydrogen (secondary N) is 2. The van der Waals surface area contributed by atoms with Crippen LogP contribution < -0.4 is 10.0 Å². The van der Waals surface area contributed by atoms with Gasteiger partial charge < -0.3 is 5.32 Å². The van der Waals surface area contributed by atoms with Gasteiger partial charge in [0.2, 0.25) is 0 Å². The molecule has 1 aliphatic rings. The molecule has 184 valence electrons. The summed E-state index contributed by atoms with van der Waals surface area (Å²) in [4.78, 5) is 12.1. The summed E-state index contributed by atoms with van der Waals surface area (Å²) < 4.78 is 68.7. The van der Waals surface area contributed by atoms with Crippen LogP contribution in [0.2, 0.25) is 0 Å². The standard InChI is InChI=1S/C25H20F3N5O2S/c26-25(27,28)18-1-3-21(22(14-18)16-5-9-29-10-6-16)24-20-4-2-19(13-17(20)7-12-31-24)36(34,35)33-23-8-11-30-15-32-23/h1-5,7-8,11-15,29H,6,9-10H2,(H,30,32,33). The molecule has 0 saturated heterocycles. The summed E-state index contributed by atoms with van der Waals surface area (Å²) >= 11 is 0. The highest BCUT2D eigenvalue weighted by atomic mass is 32.2. The van der Waals surface area contributed by atoms with Crippen molar-refractivity contribution in [2.24, 2.45) is 0 Å². The van der Waals surface area contributed by atoms with Crippen molar-refractivity contribution >= 4 is 32.2 Å². The fourth-order valence-corrected chi connectivity index (χ4v) is 5.19. The summed E-state index contributed by atoms with van der Waals surface area (Å²) in [5, 5.41) is 4.37. The van der Waals surface area contributed by atoms with Crippen LogP contribution in [0.5, 0.6) is 0 Å². The van der Waals surface area contributed by atoms with E-state index < -0.39 is 21.8 Å². The molecular formula is C25H20F3N5O2S. The van der Waals surface area contributed by atoms with E-state index in [9.17, 15) is 21.6 Å². The van der Waals surface area contributed by atoms with E-state index in [0.29, 0.717) is 47.1 Å². The average molecular weight is 512 g/mol. The van der Waals surface area contributed by atoms with E-state index in [1.165, 1.54) is 43.0 Å². The van der Waals surface area contributed by atoms with Gasteiger partial charge in [-0.3, -0.25) is 9.71 Å². The van der Waals surface area contributed by atoms with Gasteiger partial charge in [0.1, 0.15) is 12.1 Å². The minimum Gasteiger partial charge on any atom is -0.313 e. The first-order valence-corrected chi connectivity index (χ1v) is 12.5. The van der Waals surface area contributed by atoms with Crippen LogP contribution in [0.1, 0.15) is 17.5 Å². The average Bonchev–Trinajstić information content (AvgIpc) is 2.88. The molecule has 0 saturated carbocycles. The van der Waals surface area contributed by atoms with E-state index in [4.69, 9.17) is 0 Å². The SMILES string of the molecule is O=S(=O)(Nc1ccncn1)c1ccc2c(-c3ccc(C(F)(F)F)cc3C3=CCNCC3)nccc2c1. The molecule has 3 heterocycles. The minimum absolute atomic E-state index is 0.0134. The first-order chi connectivity index (χ1) is 17.2. The van der Waals surface area contributed by atoms with Gasteiger partial charge in [-0.15, -0.1) is 0 Å². The summed E-state index contributed by atoms with van der Waals surface area (Å²) in [5.74, 6) is 0.130. The molecule has 4 aromatic rings. The van der Waals surface area contributed by atoms with Crippen LogP contribution in [-0.2, 0) is 16.2 Å². The lowest BCUT2D eigenvalue weighted by atomic mass is 9.90. The van der Waals surface area contributed by atoms with Crippen molar-refractivity contribution < 1.29 is 21.6 Å². The molecule has 0 unspecified atom stereocenters. The third-order valence-electron chi connectivity index (χ3n) is 5.88. The molecule has 36 heavy (non-hydrogen) atoms. The van der Waals surface area contributed by atoms with E-state index in [1.54, 1.807) is 12.1 Å². The number of pyridine rings is 1. The zero-order valence-electron chi connectivity index (χ0n) is 18.7. The van der Waals surface area contributed by atoms with Gasteiger partial charge in [-0.1, -0.05) is 18.2 Å². The second-order valence-electron chi connectivity index (χ2n) is 8.18. The molecule has 0 radical (unpaired) electrons. The highest BCUT2D eigenvalue weighted by molar-refractivity contribution is 7.92. The minimum atomic E-state index is -4.48. The molecule has 5 rings (SSSR count). The maximum Gasteiger partial charge on any atom is 0.416 e. The number of aromatic nitrogens is 3. The zero-order valence-corrected chi connectivity index (χ0v) is 19.6. The van der Waals surface area contributed by atoms with Crippen LogP contribution in [0, 0.1) is 0 Å². The fourth-order valence-electron chi connectivity index (χ4n) is 4.15. The van der Waals surface area contributed by atoms with Crippen molar-refractivity contribution in [3.63, 3.8) is 0 Å². The summed E-state index contributed by atoms with van der Waals surface area (Å²) in [5.41, 5.74) is 1.57. The van der Waals surface area contributed by atoms with E-state index >= 15 is 0 Å². The molecule has 0 bridgehead atoms. The predicted molar refractivity (Wildman–Crippen MR) is 130 cm³/mol. The smallest absolute Gasteiger partial charge is 0.313 e. The van der Waals surface area contributed by atoms with E-state index in [1.807, 2.05) is 6.08 Å². The number of benzene rings is 2. The van der Waals surface area contributed by atoms with Gasteiger partial charge in [0, 0.05) is 29.9 Å². The Labute approximate surface area is 205 Å². The number of halogens is 3. The van der Waals surface area contributed by atoms with Crippen molar-refractivity contribution in [1.82, 2.24) is 20.3 Å². The van der Waals surface area contributed by atoms with Crippen LogP contribution in [0.4, 0.5) is 19.0 Å². The number of alkyl halides is 3. The maximum atomic E-state index is 13.5. The lowest BCUT2D eigenvalue weighted by Crippen LogP contribution is -2.20. The fraction of sp³-hybridized carbons (Fsp3) is 0.160. The second kappa shape index (κ2) is 9.32. The number of hydrogen-bond donors (Lipinski definition) is 2. The van der Waals surface area contributed by atoms with Crippen LogP contribution in [0.25, 0.3) is 27.6 Å². The van der Waals surface area contributed by atoms with E-state index in [2.05, 4.69) is 25.0 Å². The molecule has 0 atom stereocenters. The highest BCUT2D eigenvalue weighted by Gasteiger charge is 2.32. The Morgan fingerprint density at radius 1 is 0.944 bits per heavy atom. The van der Waals surface area contributed by atoms with E-state index in [-0.39, 0.29) is 10.7 Å². The third kappa shape index (κ3) is 4.79. The molecule has 11 heteroatoms. The van der Waals surface area contributed by atoms with Crippen molar-refractivity contribution in [2.45, 2.75) is 17.5 Å². The Bertz CT molecular complexity index is 1570. The predicted octanol–water partition coefficient (Wildman–Crippen LogP) is 4.89. The topological polar surface area (TPSA) is 96.9 Å². The number of hydrogen-bond acceptors (Lipinski definition) is 6. The number of rotatable bonds is 5. The summed E-state index contributed by atoms with van der Waals surface area (Å²) in [6.07, 6.45) is 2.16. The van der Waals surface area contributed by atoms with Crippen molar-refractivity contribution in [3.8, 4) is 11.3 Å². The second-order valence-corrected chi connectivity index (χ2v) is 9.87. The molecule has 0 fully saturated rings. The van der Waals surface area contributed by atoms with Crippen molar-refractivity contribution in [3.05, 3.63) is 84.5 Å². The summed E-state index contributed by atoms with van der Waals surface area (Å²) in [7, 11) is -3.93. The first-order valence-electron chi connectivity index (χ1n) is 11.0. The molecule has 2 aromatic heterocycles. The highest BCUT2D eigenvalue weighted by Crippen LogP contribution is 2.39. The molecule has 0 spiro atoms. The van der Waals surface area contributed by atoms with Gasteiger partial charge in [-0.2, -0.15) is 13.2 Å².